The lowest BCUT2D eigenvalue weighted by Crippen LogP contribution is -2.52. The van der Waals surface area contributed by atoms with E-state index in [1.165, 1.54) is 0 Å². The maximum absolute atomic E-state index is 12.4. The van der Waals surface area contributed by atoms with Crippen LogP contribution in [0.5, 0.6) is 0 Å². The standard InChI is InChI=1S/C18H29N3O2.ClH/c1-12(2)10-18(5,11-19)21-17(23)14-6-8-15(9-7-14)20-16(22)13(3)4;/h6-9,12-13H,10-11,19H2,1-5H3,(H,20,22)(H,21,23);1H. The van der Waals surface area contributed by atoms with Crippen LogP contribution in [0.25, 0.3) is 0 Å². The van der Waals surface area contributed by atoms with Crippen LogP contribution >= 0.6 is 12.4 Å². The van der Waals surface area contributed by atoms with Gasteiger partial charge in [-0.3, -0.25) is 9.59 Å². The molecule has 0 aliphatic heterocycles. The molecule has 0 saturated heterocycles. The number of hydrogen-bond acceptors (Lipinski definition) is 3. The molecule has 1 aromatic carbocycles. The summed E-state index contributed by atoms with van der Waals surface area (Å²) in [6.07, 6.45) is 0.817. The number of halogens is 1. The number of carbonyl (C=O) groups excluding carboxylic acids is 2. The van der Waals surface area contributed by atoms with Gasteiger partial charge in [0, 0.05) is 29.3 Å². The number of hydrogen-bond donors (Lipinski definition) is 3. The largest absolute Gasteiger partial charge is 0.346 e. The quantitative estimate of drug-likeness (QED) is 0.702. The number of amides is 2. The SMILES string of the molecule is CC(C)CC(C)(CN)NC(=O)c1ccc(NC(=O)C(C)C)cc1.Cl. The van der Waals surface area contributed by atoms with E-state index in [4.69, 9.17) is 5.73 Å². The average molecular weight is 356 g/mol. The van der Waals surface area contributed by atoms with E-state index in [0.29, 0.717) is 23.7 Å². The lowest BCUT2D eigenvalue weighted by atomic mass is 9.90. The fourth-order valence-corrected chi connectivity index (χ4v) is 2.42. The van der Waals surface area contributed by atoms with Crippen molar-refractivity contribution in [2.75, 3.05) is 11.9 Å². The van der Waals surface area contributed by atoms with Crippen molar-refractivity contribution in [3.05, 3.63) is 29.8 Å². The molecule has 0 saturated carbocycles. The van der Waals surface area contributed by atoms with Crippen molar-refractivity contribution < 1.29 is 9.59 Å². The Morgan fingerprint density at radius 2 is 1.67 bits per heavy atom. The van der Waals surface area contributed by atoms with Gasteiger partial charge < -0.3 is 16.4 Å². The van der Waals surface area contributed by atoms with Crippen molar-refractivity contribution in [1.82, 2.24) is 5.32 Å². The Kier molecular flexibility index (Phi) is 9.01. The van der Waals surface area contributed by atoms with E-state index >= 15 is 0 Å². The van der Waals surface area contributed by atoms with Gasteiger partial charge in [0.1, 0.15) is 0 Å². The predicted octanol–water partition coefficient (Wildman–Crippen LogP) is 3.20. The molecule has 0 aliphatic carbocycles. The Bertz CT molecular complexity index is 544. The zero-order valence-corrected chi connectivity index (χ0v) is 16.0. The van der Waals surface area contributed by atoms with E-state index in [-0.39, 0.29) is 30.1 Å². The second-order valence-corrected chi connectivity index (χ2v) is 7.04. The molecule has 1 rings (SSSR count). The van der Waals surface area contributed by atoms with Gasteiger partial charge in [-0.25, -0.2) is 0 Å². The summed E-state index contributed by atoms with van der Waals surface area (Å²) in [6, 6.07) is 6.88. The van der Waals surface area contributed by atoms with Crippen LogP contribution in [-0.2, 0) is 4.79 Å². The molecule has 0 aromatic heterocycles. The molecule has 5 nitrogen and oxygen atoms in total. The van der Waals surface area contributed by atoms with Gasteiger partial charge in [0.25, 0.3) is 5.91 Å². The van der Waals surface area contributed by atoms with Crippen molar-refractivity contribution in [3.63, 3.8) is 0 Å². The Hall–Kier alpha value is -1.59. The highest BCUT2D eigenvalue weighted by Crippen LogP contribution is 2.17. The molecule has 0 heterocycles. The van der Waals surface area contributed by atoms with Crippen LogP contribution in [0.3, 0.4) is 0 Å². The van der Waals surface area contributed by atoms with Gasteiger partial charge in [0.2, 0.25) is 5.91 Å². The molecule has 24 heavy (non-hydrogen) atoms. The topological polar surface area (TPSA) is 84.2 Å². The van der Waals surface area contributed by atoms with Crippen molar-refractivity contribution in [2.24, 2.45) is 17.6 Å². The fourth-order valence-electron chi connectivity index (χ4n) is 2.42. The Balaban J connectivity index is 0.00000529. The first-order valence-corrected chi connectivity index (χ1v) is 8.10. The summed E-state index contributed by atoms with van der Waals surface area (Å²) >= 11 is 0. The van der Waals surface area contributed by atoms with Crippen molar-refractivity contribution in [2.45, 2.75) is 46.6 Å². The molecule has 136 valence electrons. The molecule has 4 N–H and O–H groups in total. The van der Waals surface area contributed by atoms with E-state index in [1.807, 2.05) is 20.8 Å². The van der Waals surface area contributed by atoms with Gasteiger partial charge in [0.15, 0.2) is 0 Å². The molecular weight excluding hydrogens is 326 g/mol. The van der Waals surface area contributed by atoms with Crippen LogP contribution in [0.15, 0.2) is 24.3 Å². The summed E-state index contributed by atoms with van der Waals surface area (Å²) in [5.41, 5.74) is 6.64. The average Bonchev–Trinajstić information content (AvgIpc) is 2.46. The van der Waals surface area contributed by atoms with Crippen LogP contribution in [0, 0.1) is 11.8 Å². The Labute approximate surface area is 151 Å². The van der Waals surface area contributed by atoms with Gasteiger partial charge in [-0.05, 0) is 43.5 Å². The molecule has 1 unspecified atom stereocenters. The number of benzene rings is 1. The number of carbonyl (C=O) groups is 2. The van der Waals surface area contributed by atoms with Crippen LogP contribution in [-0.4, -0.2) is 23.9 Å². The highest BCUT2D eigenvalue weighted by molar-refractivity contribution is 5.96. The predicted molar refractivity (Wildman–Crippen MR) is 102 cm³/mol. The van der Waals surface area contributed by atoms with Crippen molar-refractivity contribution >= 4 is 29.9 Å². The van der Waals surface area contributed by atoms with Crippen molar-refractivity contribution in [1.29, 1.82) is 0 Å². The number of anilines is 1. The molecule has 1 atom stereocenters. The van der Waals surface area contributed by atoms with Crippen LogP contribution < -0.4 is 16.4 Å². The van der Waals surface area contributed by atoms with Gasteiger partial charge in [-0.1, -0.05) is 27.7 Å². The zero-order chi connectivity index (χ0) is 17.6. The lowest BCUT2D eigenvalue weighted by Gasteiger charge is -2.31. The summed E-state index contributed by atoms with van der Waals surface area (Å²) in [5.74, 6) is 0.159. The molecular formula is C18H30ClN3O2. The highest BCUT2D eigenvalue weighted by atomic mass is 35.5. The monoisotopic (exact) mass is 355 g/mol. The van der Waals surface area contributed by atoms with Gasteiger partial charge in [-0.2, -0.15) is 0 Å². The summed E-state index contributed by atoms with van der Waals surface area (Å²) in [6.45, 7) is 10.2. The maximum atomic E-state index is 12.4. The number of nitrogens with two attached hydrogens (primary N) is 1. The first-order chi connectivity index (χ1) is 10.7. The maximum Gasteiger partial charge on any atom is 0.251 e. The molecule has 0 bridgehead atoms. The van der Waals surface area contributed by atoms with Gasteiger partial charge >= 0.3 is 0 Å². The van der Waals surface area contributed by atoms with Gasteiger partial charge in [-0.15, -0.1) is 12.4 Å². The minimum atomic E-state index is -0.421. The Morgan fingerprint density at radius 3 is 2.08 bits per heavy atom. The van der Waals surface area contributed by atoms with E-state index in [2.05, 4.69) is 24.5 Å². The van der Waals surface area contributed by atoms with Crippen LogP contribution in [0.1, 0.15) is 51.4 Å². The number of rotatable bonds is 7. The van der Waals surface area contributed by atoms with E-state index in [9.17, 15) is 9.59 Å². The third-order valence-electron chi connectivity index (χ3n) is 3.66. The minimum absolute atomic E-state index is 0. The zero-order valence-electron chi connectivity index (χ0n) is 15.2. The minimum Gasteiger partial charge on any atom is -0.346 e. The van der Waals surface area contributed by atoms with Crippen LogP contribution in [0.2, 0.25) is 0 Å². The second kappa shape index (κ2) is 9.64. The summed E-state index contributed by atoms with van der Waals surface area (Å²) in [5, 5.41) is 5.82. The van der Waals surface area contributed by atoms with Crippen LogP contribution in [0.4, 0.5) is 5.69 Å². The second-order valence-electron chi connectivity index (χ2n) is 7.04. The Morgan fingerprint density at radius 1 is 1.12 bits per heavy atom. The van der Waals surface area contributed by atoms with E-state index in [1.54, 1.807) is 24.3 Å². The fraction of sp³-hybridized carbons (Fsp3) is 0.556. The summed E-state index contributed by atoms with van der Waals surface area (Å²) < 4.78 is 0. The third-order valence-corrected chi connectivity index (χ3v) is 3.66. The smallest absolute Gasteiger partial charge is 0.251 e. The first kappa shape index (κ1) is 22.4. The first-order valence-electron chi connectivity index (χ1n) is 8.10. The molecule has 1 aromatic rings. The molecule has 6 heteroatoms. The van der Waals surface area contributed by atoms with E-state index in [0.717, 1.165) is 6.42 Å². The molecule has 0 aliphatic rings. The summed E-state index contributed by atoms with van der Waals surface area (Å²) in [7, 11) is 0. The van der Waals surface area contributed by atoms with Crippen molar-refractivity contribution in [3.8, 4) is 0 Å². The number of nitrogens with one attached hydrogen (secondary N) is 2. The molecule has 0 radical (unpaired) electrons. The van der Waals surface area contributed by atoms with E-state index < -0.39 is 5.54 Å². The highest BCUT2D eigenvalue weighted by Gasteiger charge is 2.26. The molecule has 0 fully saturated rings. The lowest BCUT2D eigenvalue weighted by molar-refractivity contribution is -0.118. The molecule has 0 spiro atoms. The third kappa shape index (κ3) is 6.89. The molecule has 2 amide bonds. The normalized spacial score (nSPS) is 13.2. The van der Waals surface area contributed by atoms with Gasteiger partial charge in [0.05, 0.1) is 0 Å². The summed E-state index contributed by atoms with van der Waals surface area (Å²) in [4.78, 5) is 24.0.